The standard InChI is InChI=1S/C44H78N14O10/c1-27-37(61)55-31(15-5-9-21-47)43(67)57-23-11-17-33(57)41(65)50-26-36(60)54-30(14-4-8-20-46)40(64)52-28(2)38(62)56-32(16-6-10-22-48)44(68)58-24-12-18-34(58)42(66)49-25-35(59)53-29(39(63)51-27)13-3-7-19-45/h27-34H,3-26,45-48H2,1-2H3,(H,49,66)(H,50,65)(H,51,63)(H,52,64)(H,53,59)(H,54,60)(H,55,61)(H,56,62)/t27-,28-,29-,30-,31-,32+,33-,34-/m0/s1. The Morgan fingerprint density at radius 3 is 1.06 bits per heavy atom. The monoisotopic (exact) mass is 963 g/mol. The third-order valence-corrected chi connectivity index (χ3v) is 12.3. The van der Waals surface area contributed by atoms with Crippen LogP contribution in [-0.4, -0.2) is 170 Å². The highest BCUT2D eigenvalue weighted by molar-refractivity contribution is 5.98. The molecule has 0 unspecified atom stereocenters. The number of hydrogen-bond donors (Lipinski definition) is 12. The van der Waals surface area contributed by atoms with Crippen molar-refractivity contribution in [3.8, 4) is 0 Å². The Hall–Kier alpha value is -5.46. The van der Waals surface area contributed by atoms with Crippen molar-refractivity contribution in [2.75, 3.05) is 52.4 Å². The zero-order valence-corrected chi connectivity index (χ0v) is 39.9. The summed E-state index contributed by atoms with van der Waals surface area (Å²) in [5.74, 6) is -6.51. The molecule has 0 aromatic carbocycles. The van der Waals surface area contributed by atoms with Gasteiger partial charge in [0.05, 0.1) is 13.1 Å². The molecule has 68 heavy (non-hydrogen) atoms. The number of hydrogen-bond acceptors (Lipinski definition) is 14. The van der Waals surface area contributed by atoms with Crippen molar-refractivity contribution in [1.82, 2.24) is 52.3 Å². The van der Waals surface area contributed by atoms with E-state index in [-0.39, 0.29) is 51.6 Å². The molecule has 0 aromatic rings. The van der Waals surface area contributed by atoms with Gasteiger partial charge >= 0.3 is 0 Å². The molecule has 0 spiro atoms. The molecular weight excluding hydrogens is 885 g/mol. The van der Waals surface area contributed by atoms with Crippen LogP contribution in [0.5, 0.6) is 0 Å². The number of nitrogens with zero attached hydrogens (tertiary/aromatic N) is 2. The van der Waals surface area contributed by atoms with Crippen LogP contribution >= 0.6 is 0 Å². The van der Waals surface area contributed by atoms with Crippen LogP contribution in [0.25, 0.3) is 0 Å². The van der Waals surface area contributed by atoms with Crippen LogP contribution in [0, 0.1) is 0 Å². The summed E-state index contributed by atoms with van der Waals surface area (Å²) in [6.07, 6.45) is 6.07. The second-order valence-electron chi connectivity index (χ2n) is 17.8. The Morgan fingerprint density at radius 2 is 0.735 bits per heavy atom. The van der Waals surface area contributed by atoms with E-state index < -0.39 is 120 Å². The molecule has 16 N–H and O–H groups in total. The molecule has 3 rings (SSSR count). The SMILES string of the molecule is C[C@@H]1NC(=O)[C@H](CCCCN)NC(=O)CNC(=O)[C@@H]2CCCN2C(=O)[C@@H](CCCCN)NC(=O)[C@H](C)NC(=O)[C@H](CCCCN)NC(=O)CNC(=O)[C@@H]2CCCN2C(=O)[C@H](CCCCN)NC1=O. The smallest absolute Gasteiger partial charge is 0.245 e. The normalized spacial score (nSPS) is 27.1. The van der Waals surface area contributed by atoms with Gasteiger partial charge in [-0.15, -0.1) is 0 Å². The fourth-order valence-corrected chi connectivity index (χ4v) is 8.44. The van der Waals surface area contributed by atoms with Crippen LogP contribution in [0.4, 0.5) is 0 Å². The van der Waals surface area contributed by atoms with E-state index in [1.165, 1.54) is 23.6 Å². The second kappa shape index (κ2) is 30.1. The first-order valence-corrected chi connectivity index (χ1v) is 24.3. The van der Waals surface area contributed by atoms with Gasteiger partial charge in [-0.1, -0.05) is 0 Å². The highest BCUT2D eigenvalue weighted by atomic mass is 16.2. The predicted octanol–water partition coefficient (Wildman–Crippen LogP) is -4.32. The molecule has 3 fully saturated rings. The van der Waals surface area contributed by atoms with Gasteiger partial charge in [0.2, 0.25) is 59.1 Å². The minimum Gasteiger partial charge on any atom is -0.345 e. The number of fused-ring (bicyclic) bond motifs is 2. The molecule has 0 saturated carbocycles. The van der Waals surface area contributed by atoms with E-state index >= 15 is 0 Å². The lowest BCUT2D eigenvalue weighted by Crippen LogP contribution is -2.59. The van der Waals surface area contributed by atoms with Gasteiger partial charge in [0.25, 0.3) is 0 Å². The fourth-order valence-electron chi connectivity index (χ4n) is 8.44. The fraction of sp³-hybridized carbons (Fsp3) is 0.773. The number of carbonyl (C=O) groups is 10. The number of nitrogens with one attached hydrogen (secondary N) is 8. The van der Waals surface area contributed by atoms with E-state index in [0.29, 0.717) is 90.4 Å². The van der Waals surface area contributed by atoms with Crippen molar-refractivity contribution < 1.29 is 47.9 Å². The molecule has 0 aromatic heterocycles. The minimum atomic E-state index is -1.18. The molecule has 3 aliphatic heterocycles. The summed E-state index contributed by atoms with van der Waals surface area (Å²) in [5.41, 5.74) is 22.8. The lowest BCUT2D eigenvalue weighted by atomic mass is 10.1. The van der Waals surface area contributed by atoms with Crippen LogP contribution in [0.1, 0.15) is 117 Å². The first kappa shape index (κ1) is 56.9. The maximum atomic E-state index is 14.1. The van der Waals surface area contributed by atoms with Crippen molar-refractivity contribution in [1.29, 1.82) is 0 Å². The van der Waals surface area contributed by atoms with Gasteiger partial charge in [-0.2, -0.15) is 0 Å². The molecule has 0 bridgehead atoms. The molecule has 8 atom stereocenters. The first-order chi connectivity index (χ1) is 32.6. The molecule has 24 heteroatoms. The molecule has 3 saturated heterocycles. The van der Waals surface area contributed by atoms with Gasteiger partial charge in [-0.3, -0.25) is 47.9 Å². The van der Waals surface area contributed by atoms with Gasteiger partial charge in [0, 0.05) is 13.1 Å². The predicted molar refractivity (Wildman–Crippen MR) is 250 cm³/mol. The van der Waals surface area contributed by atoms with Gasteiger partial charge in [0.1, 0.15) is 48.3 Å². The zero-order chi connectivity index (χ0) is 50.2. The van der Waals surface area contributed by atoms with E-state index in [1.807, 2.05) is 0 Å². The Balaban J connectivity index is 1.95. The third-order valence-electron chi connectivity index (χ3n) is 12.3. The number of unbranched alkanes of at least 4 members (excludes halogenated alkanes) is 4. The summed E-state index contributed by atoms with van der Waals surface area (Å²) in [7, 11) is 0. The molecule has 0 aliphatic carbocycles. The van der Waals surface area contributed by atoms with Gasteiger partial charge < -0.3 is 75.3 Å². The first-order valence-electron chi connectivity index (χ1n) is 24.3. The van der Waals surface area contributed by atoms with E-state index in [9.17, 15) is 47.9 Å². The molecule has 384 valence electrons. The second-order valence-corrected chi connectivity index (χ2v) is 17.8. The highest BCUT2D eigenvalue weighted by Crippen LogP contribution is 2.22. The zero-order valence-electron chi connectivity index (χ0n) is 39.9. The summed E-state index contributed by atoms with van der Waals surface area (Å²) < 4.78 is 0. The van der Waals surface area contributed by atoms with Crippen molar-refractivity contribution in [2.24, 2.45) is 22.9 Å². The van der Waals surface area contributed by atoms with Crippen molar-refractivity contribution in [3.63, 3.8) is 0 Å². The maximum Gasteiger partial charge on any atom is 0.245 e. The van der Waals surface area contributed by atoms with Crippen molar-refractivity contribution in [2.45, 2.75) is 165 Å². The minimum absolute atomic E-state index is 0.150. The van der Waals surface area contributed by atoms with Crippen LogP contribution < -0.4 is 65.5 Å². The summed E-state index contributed by atoms with van der Waals surface area (Å²) in [4.78, 5) is 139. The third kappa shape index (κ3) is 18.2. The quantitative estimate of drug-likeness (QED) is 0.0652. The molecule has 0 radical (unpaired) electrons. The average Bonchev–Trinajstić information content (AvgIpc) is 4.02. The van der Waals surface area contributed by atoms with Crippen molar-refractivity contribution >= 4 is 59.1 Å². The molecular formula is C44H78N14O10. The lowest BCUT2D eigenvalue weighted by molar-refractivity contribution is -0.142. The van der Waals surface area contributed by atoms with Crippen LogP contribution in [0.15, 0.2) is 0 Å². The summed E-state index contributed by atoms with van der Waals surface area (Å²) >= 11 is 0. The Bertz CT molecular complexity index is 1620. The topological polar surface area (TPSA) is 377 Å². The highest BCUT2D eigenvalue weighted by Gasteiger charge is 2.40. The maximum absolute atomic E-state index is 14.1. The Kier molecular flexibility index (Phi) is 25.2. The molecule has 24 nitrogen and oxygen atoms in total. The Morgan fingerprint density at radius 1 is 0.412 bits per heavy atom. The molecule has 10 amide bonds. The largest absolute Gasteiger partial charge is 0.345 e. The Labute approximate surface area is 398 Å². The number of carbonyl (C=O) groups excluding carboxylic acids is 10. The van der Waals surface area contributed by atoms with Crippen LogP contribution in [0.3, 0.4) is 0 Å². The lowest BCUT2D eigenvalue weighted by Gasteiger charge is -2.30. The average molecular weight is 963 g/mol. The van der Waals surface area contributed by atoms with Gasteiger partial charge in [-0.25, -0.2) is 0 Å². The number of nitrogens with two attached hydrogens (primary N) is 4. The summed E-state index contributed by atoms with van der Waals surface area (Å²) in [5, 5.41) is 21.1. The van der Waals surface area contributed by atoms with E-state index in [2.05, 4.69) is 42.5 Å². The van der Waals surface area contributed by atoms with Crippen LogP contribution in [0.2, 0.25) is 0 Å². The van der Waals surface area contributed by atoms with E-state index in [4.69, 9.17) is 22.9 Å². The van der Waals surface area contributed by atoms with Crippen molar-refractivity contribution in [3.05, 3.63) is 0 Å². The number of rotatable bonds is 16. The van der Waals surface area contributed by atoms with Crippen LogP contribution in [-0.2, 0) is 47.9 Å². The number of amides is 10. The van der Waals surface area contributed by atoms with E-state index in [1.54, 1.807) is 0 Å². The molecule has 3 heterocycles. The van der Waals surface area contributed by atoms with E-state index in [0.717, 1.165) is 0 Å². The molecule has 3 aliphatic rings. The summed E-state index contributed by atoms with van der Waals surface area (Å²) in [6, 6.07) is -8.78. The van der Waals surface area contributed by atoms with Gasteiger partial charge in [0.15, 0.2) is 0 Å². The van der Waals surface area contributed by atoms with Gasteiger partial charge in [-0.05, 0) is 143 Å². The summed E-state index contributed by atoms with van der Waals surface area (Å²) in [6.45, 7) is 3.45.